The Bertz CT molecular complexity index is 809. The SMILES string of the molecule is C=CC(=O)OCCOC(=O)c1ccc(CCOC(=O)C=C)c(CCOC(=O)C=C)c1. The Kier molecular flexibility index (Phi) is 11.0. The van der Waals surface area contributed by atoms with Crippen LogP contribution in [0.15, 0.2) is 56.2 Å². The molecule has 160 valence electrons. The summed E-state index contributed by atoms with van der Waals surface area (Å²) < 4.78 is 19.8. The Hall–Kier alpha value is -3.68. The van der Waals surface area contributed by atoms with Crippen molar-refractivity contribution in [3.8, 4) is 0 Å². The fourth-order valence-corrected chi connectivity index (χ4v) is 2.29. The molecule has 0 atom stereocenters. The number of hydrogen-bond donors (Lipinski definition) is 0. The Morgan fingerprint density at radius 2 is 1.13 bits per heavy atom. The Balaban J connectivity index is 2.79. The smallest absolute Gasteiger partial charge is 0.338 e. The summed E-state index contributed by atoms with van der Waals surface area (Å²) in [4.78, 5) is 45.6. The molecule has 0 spiro atoms. The Morgan fingerprint density at radius 1 is 0.667 bits per heavy atom. The van der Waals surface area contributed by atoms with Crippen LogP contribution >= 0.6 is 0 Å². The monoisotopic (exact) mass is 416 g/mol. The minimum atomic E-state index is -0.607. The summed E-state index contributed by atoms with van der Waals surface area (Å²) in [6.07, 6.45) is 3.88. The van der Waals surface area contributed by atoms with Gasteiger partial charge in [0.05, 0.1) is 18.8 Å². The molecule has 30 heavy (non-hydrogen) atoms. The van der Waals surface area contributed by atoms with Crippen molar-refractivity contribution in [1.82, 2.24) is 0 Å². The van der Waals surface area contributed by atoms with Gasteiger partial charge in [-0.25, -0.2) is 19.2 Å². The second-order valence-corrected chi connectivity index (χ2v) is 5.73. The molecule has 0 aliphatic heterocycles. The van der Waals surface area contributed by atoms with Crippen molar-refractivity contribution in [2.24, 2.45) is 0 Å². The predicted molar refractivity (Wildman–Crippen MR) is 108 cm³/mol. The second kappa shape index (κ2) is 13.5. The van der Waals surface area contributed by atoms with Crippen LogP contribution in [0.25, 0.3) is 0 Å². The third-order valence-corrected chi connectivity index (χ3v) is 3.73. The Labute approximate surface area is 174 Å². The lowest BCUT2D eigenvalue weighted by Crippen LogP contribution is -2.14. The van der Waals surface area contributed by atoms with Crippen LogP contribution in [-0.2, 0) is 46.2 Å². The predicted octanol–water partition coefficient (Wildman–Crippen LogP) is 2.12. The third kappa shape index (κ3) is 9.01. The molecule has 0 N–H and O–H groups in total. The highest BCUT2D eigenvalue weighted by Gasteiger charge is 2.12. The highest BCUT2D eigenvalue weighted by atomic mass is 16.6. The average Bonchev–Trinajstić information content (AvgIpc) is 2.76. The molecular formula is C22H24O8. The standard InChI is InChI=1S/C22H24O8/c1-4-19(23)27-11-9-16-7-8-18(15-17(16)10-12-28-20(24)5-2)22(26)30-14-13-29-21(25)6-3/h4-8,15H,1-3,9-14H2. The molecule has 0 fully saturated rings. The summed E-state index contributed by atoms with van der Waals surface area (Å²) in [7, 11) is 0. The summed E-state index contributed by atoms with van der Waals surface area (Å²) in [6.45, 7) is 9.94. The summed E-state index contributed by atoms with van der Waals surface area (Å²) in [5.74, 6) is -2.29. The Morgan fingerprint density at radius 3 is 1.67 bits per heavy atom. The first-order valence-corrected chi connectivity index (χ1v) is 9.07. The lowest BCUT2D eigenvalue weighted by Gasteiger charge is -2.12. The lowest BCUT2D eigenvalue weighted by atomic mass is 9.99. The van der Waals surface area contributed by atoms with Crippen LogP contribution in [0.5, 0.6) is 0 Å². The maximum absolute atomic E-state index is 12.2. The molecule has 0 amide bonds. The first-order valence-electron chi connectivity index (χ1n) is 9.07. The van der Waals surface area contributed by atoms with E-state index in [0.29, 0.717) is 12.8 Å². The van der Waals surface area contributed by atoms with E-state index in [1.54, 1.807) is 18.2 Å². The first kappa shape index (κ1) is 24.4. The van der Waals surface area contributed by atoms with Crippen molar-refractivity contribution in [2.45, 2.75) is 12.8 Å². The number of benzene rings is 1. The van der Waals surface area contributed by atoms with Crippen molar-refractivity contribution >= 4 is 23.9 Å². The topological polar surface area (TPSA) is 105 Å². The van der Waals surface area contributed by atoms with E-state index < -0.39 is 23.9 Å². The van der Waals surface area contributed by atoms with Crippen molar-refractivity contribution in [1.29, 1.82) is 0 Å². The zero-order chi connectivity index (χ0) is 22.4. The van der Waals surface area contributed by atoms with Gasteiger partial charge in [0, 0.05) is 31.1 Å². The van der Waals surface area contributed by atoms with Crippen LogP contribution in [0.1, 0.15) is 21.5 Å². The fourth-order valence-electron chi connectivity index (χ4n) is 2.29. The fraction of sp³-hybridized carbons (Fsp3) is 0.273. The van der Waals surface area contributed by atoms with Crippen molar-refractivity contribution < 1.29 is 38.1 Å². The molecule has 0 unspecified atom stereocenters. The van der Waals surface area contributed by atoms with E-state index in [2.05, 4.69) is 19.7 Å². The summed E-state index contributed by atoms with van der Waals surface area (Å²) in [5.41, 5.74) is 1.83. The number of carbonyl (C=O) groups is 4. The van der Waals surface area contributed by atoms with Crippen molar-refractivity contribution in [3.05, 3.63) is 72.9 Å². The summed E-state index contributed by atoms with van der Waals surface area (Å²) in [6, 6.07) is 4.90. The average molecular weight is 416 g/mol. The molecule has 0 bridgehead atoms. The van der Waals surface area contributed by atoms with E-state index >= 15 is 0 Å². The molecule has 0 heterocycles. The minimum absolute atomic E-state index is 0.0836. The quantitative estimate of drug-likeness (QED) is 0.208. The molecule has 8 heteroatoms. The van der Waals surface area contributed by atoms with Crippen LogP contribution in [0.3, 0.4) is 0 Å². The van der Waals surface area contributed by atoms with Gasteiger partial charge in [-0.05, 0) is 23.3 Å². The van der Waals surface area contributed by atoms with Gasteiger partial charge in [-0.1, -0.05) is 25.8 Å². The van der Waals surface area contributed by atoms with Gasteiger partial charge in [-0.15, -0.1) is 0 Å². The van der Waals surface area contributed by atoms with E-state index in [4.69, 9.17) is 18.9 Å². The van der Waals surface area contributed by atoms with Gasteiger partial charge in [0.25, 0.3) is 0 Å². The lowest BCUT2D eigenvalue weighted by molar-refractivity contribution is -0.139. The van der Waals surface area contributed by atoms with Gasteiger partial charge in [-0.3, -0.25) is 0 Å². The van der Waals surface area contributed by atoms with Gasteiger partial charge in [0.15, 0.2) is 0 Å². The zero-order valence-corrected chi connectivity index (χ0v) is 16.6. The molecule has 1 rings (SSSR count). The molecule has 0 saturated heterocycles. The van der Waals surface area contributed by atoms with Crippen LogP contribution in [0.2, 0.25) is 0 Å². The van der Waals surface area contributed by atoms with Crippen LogP contribution < -0.4 is 0 Å². The molecule has 0 radical (unpaired) electrons. The minimum Gasteiger partial charge on any atom is -0.462 e. The molecule has 0 aromatic heterocycles. The van der Waals surface area contributed by atoms with Gasteiger partial charge >= 0.3 is 23.9 Å². The largest absolute Gasteiger partial charge is 0.462 e. The van der Waals surface area contributed by atoms with Crippen LogP contribution in [0, 0.1) is 0 Å². The second-order valence-electron chi connectivity index (χ2n) is 5.73. The van der Waals surface area contributed by atoms with Gasteiger partial charge in [0.1, 0.15) is 13.2 Å². The van der Waals surface area contributed by atoms with Crippen molar-refractivity contribution in [3.63, 3.8) is 0 Å². The molecule has 1 aromatic carbocycles. The van der Waals surface area contributed by atoms with E-state index in [-0.39, 0.29) is 32.0 Å². The molecule has 1 aromatic rings. The van der Waals surface area contributed by atoms with Gasteiger partial charge < -0.3 is 18.9 Å². The summed E-state index contributed by atoms with van der Waals surface area (Å²) in [5, 5.41) is 0. The van der Waals surface area contributed by atoms with Gasteiger partial charge in [0.2, 0.25) is 0 Å². The number of rotatable bonds is 13. The number of esters is 4. The normalized spacial score (nSPS) is 9.73. The maximum Gasteiger partial charge on any atom is 0.338 e. The molecule has 0 aliphatic rings. The van der Waals surface area contributed by atoms with Crippen LogP contribution in [0.4, 0.5) is 0 Å². The zero-order valence-electron chi connectivity index (χ0n) is 16.6. The first-order chi connectivity index (χ1) is 14.4. The molecule has 0 saturated carbocycles. The number of hydrogen-bond acceptors (Lipinski definition) is 8. The van der Waals surface area contributed by atoms with E-state index in [0.717, 1.165) is 29.4 Å². The molecule has 8 nitrogen and oxygen atoms in total. The van der Waals surface area contributed by atoms with Crippen molar-refractivity contribution in [2.75, 3.05) is 26.4 Å². The molecular weight excluding hydrogens is 392 g/mol. The maximum atomic E-state index is 12.2. The third-order valence-electron chi connectivity index (χ3n) is 3.73. The van der Waals surface area contributed by atoms with Gasteiger partial charge in [-0.2, -0.15) is 0 Å². The highest BCUT2D eigenvalue weighted by Crippen LogP contribution is 2.16. The van der Waals surface area contributed by atoms with E-state index in [9.17, 15) is 19.2 Å². The highest BCUT2D eigenvalue weighted by molar-refractivity contribution is 5.89. The van der Waals surface area contributed by atoms with Crippen LogP contribution in [-0.4, -0.2) is 50.3 Å². The van der Waals surface area contributed by atoms with E-state index in [1.165, 1.54) is 0 Å². The number of ether oxygens (including phenoxy) is 4. The summed E-state index contributed by atoms with van der Waals surface area (Å²) >= 11 is 0. The molecule has 0 aliphatic carbocycles. The number of carbonyl (C=O) groups excluding carboxylic acids is 4. The van der Waals surface area contributed by atoms with E-state index in [1.807, 2.05) is 0 Å².